The second-order valence-corrected chi connectivity index (χ2v) is 4.11. The second kappa shape index (κ2) is 6.49. The van der Waals surface area contributed by atoms with Crippen molar-refractivity contribution in [2.24, 2.45) is 0 Å². The zero-order chi connectivity index (χ0) is 12.8. The summed E-state index contributed by atoms with van der Waals surface area (Å²) in [5, 5.41) is 11.8. The maximum absolute atomic E-state index is 12.0. The third-order valence-corrected chi connectivity index (χ3v) is 2.87. The van der Waals surface area contributed by atoms with Crippen LogP contribution in [-0.2, 0) is 16.1 Å². The van der Waals surface area contributed by atoms with Gasteiger partial charge in [-0.15, -0.1) is 0 Å². The first-order valence-corrected chi connectivity index (χ1v) is 6.10. The van der Waals surface area contributed by atoms with Crippen molar-refractivity contribution in [3.63, 3.8) is 0 Å². The molecule has 2 N–H and O–H groups in total. The number of hydrogen-bond acceptors (Lipinski definition) is 4. The van der Waals surface area contributed by atoms with Crippen LogP contribution in [0.2, 0.25) is 0 Å². The molecule has 0 fully saturated rings. The molecule has 0 unspecified atom stereocenters. The maximum atomic E-state index is 12.0. The van der Waals surface area contributed by atoms with Gasteiger partial charge in [0.1, 0.15) is 0 Å². The lowest BCUT2D eigenvalue weighted by Crippen LogP contribution is -2.37. The van der Waals surface area contributed by atoms with Gasteiger partial charge in [0.15, 0.2) is 0 Å². The van der Waals surface area contributed by atoms with Crippen molar-refractivity contribution in [1.29, 1.82) is 0 Å². The number of nitrogens with zero attached hydrogens (tertiary/aromatic N) is 1. The monoisotopic (exact) mass is 250 g/mol. The molecule has 0 aromatic heterocycles. The fourth-order valence-corrected chi connectivity index (χ4v) is 2.03. The Labute approximate surface area is 106 Å². The van der Waals surface area contributed by atoms with Gasteiger partial charge in [-0.05, 0) is 11.6 Å². The van der Waals surface area contributed by atoms with Gasteiger partial charge in [-0.25, -0.2) is 0 Å². The molecule has 0 bridgehead atoms. The fourth-order valence-electron chi connectivity index (χ4n) is 2.03. The lowest BCUT2D eigenvalue weighted by Gasteiger charge is -2.22. The molecular formula is C13H18N2O3. The average Bonchev–Trinajstić information content (AvgIpc) is 2.54. The van der Waals surface area contributed by atoms with Gasteiger partial charge in [0, 0.05) is 18.8 Å². The standard InChI is InChI=1S/C13H18N2O3/c16-6-8-18-7-5-15-12-4-2-1-3-11(12)9-14-10-13(15)17/h1-4,14,16H,5-10H2. The number of carbonyl (C=O) groups excluding carboxylic acids is 1. The third kappa shape index (κ3) is 3.07. The number of amides is 1. The number of ether oxygens (including phenoxy) is 1. The van der Waals surface area contributed by atoms with Gasteiger partial charge in [0.05, 0.1) is 26.4 Å². The number of aliphatic hydroxyl groups is 1. The molecule has 5 nitrogen and oxygen atoms in total. The molecule has 0 aliphatic carbocycles. The van der Waals surface area contributed by atoms with E-state index in [9.17, 15) is 4.79 Å². The molecule has 1 amide bonds. The van der Waals surface area contributed by atoms with Gasteiger partial charge in [-0.2, -0.15) is 0 Å². The van der Waals surface area contributed by atoms with E-state index in [1.54, 1.807) is 4.90 Å². The van der Waals surface area contributed by atoms with Gasteiger partial charge < -0.3 is 20.1 Å². The van der Waals surface area contributed by atoms with Crippen LogP contribution in [0.4, 0.5) is 5.69 Å². The van der Waals surface area contributed by atoms with E-state index in [-0.39, 0.29) is 12.5 Å². The lowest BCUT2D eigenvalue weighted by atomic mass is 10.1. The zero-order valence-electron chi connectivity index (χ0n) is 10.3. The Morgan fingerprint density at radius 1 is 1.28 bits per heavy atom. The van der Waals surface area contributed by atoms with Crippen LogP contribution in [-0.4, -0.2) is 43.9 Å². The summed E-state index contributed by atoms with van der Waals surface area (Å²) in [5.74, 6) is 0.0487. The minimum absolute atomic E-state index is 0.00604. The molecule has 5 heteroatoms. The van der Waals surface area contributed by atoms with Crippen LogP contribution in [0.1, 0.15) is 5.56 Å². The first-order valence-electron chi connectivity index (χ1n) is 6.10. The number of fused-ring (bicyclic) bond motifs is 1. The minimum Gasteiger partial charge on any atom is -0.394 e. The molecule has 1 aromatic rings. The minimum atomic E-state index is 0.00604. The number of rotatable bonds is 5. The van der Waals surface area contributed by atoms with Crippen molar-refractivity contribution in [2.45, 2.75) is 6.54 Å². The van der Waals surface area contributed by atoms with Crippen LogP contribution in [0, 0.1) is 0 Å². The van der Waals surface area contributed by atoms with E-state index < -0.39 is 0 Å². The highest BCUT2D eigenvalue weighted by Gasteiger charge is 2.20. The molecule has 1 aliphatic heterocycles. The first kappa shape index (κ1) is 13.0. The Hall–Kier alpha value is -1.43. The summed E-state index contributed by atoms with van der Waals surface area (Å²) in [7, 11) is 0. The zero-order valence-corrected chi connectivity index (χ0v) is 10.3. The topological polar surface area (TPSA) is 61.8 Å². The molecule has 1 aliphatic rings. The number of aliphatic hydroxyl groups excluding tert-OH is 1. The summed E-state index contributed by atoms with van der Waals surface area (Å²) in [4.78, 5) is 13.7. The van der Waals surface area contributed by atoms with E-state index in [0.29, 0.717) is 32.8 Å². The largest absolute Gasteiger partial charge is 0.394 e. The Kier molecular flexibility index (Phi) is 4.69. The normalized spacial score (nSPS) is 15.4. The van der Waals surface area contributed by atoms with Crippen molar-refractivity contribution in [2.75, 3.05) is 37.8 Å². The smallest absolute Gasteiger partial charge is 0.241 e. The Morgan fingerprint density at radius 3 is 2.94 bits per heavy atom. The highest BCUT2D eigenvalue weighted by molar-refractivity contribution is 5.96. The molecule has 0 radical (unpaired) electrons. The average molecular weight is 250 g/mol. The Balaban J connectivity index is 2.08. The highest BCUT2D eigenvalue weighted by atomic mass is 16.5. The van der Waals surface area contributed by atoms with Gasteiger partial charge >= 0.3 is 0 Å². The van der Waals surface area contributed by atoms with Gasteiger partial charge in [0.2, 0.25) is 5.91 Å². The van der Waals surface area contributed by atoms with E-state index >= 15 is 0 Å². The first-order chi connectivity index (χ1) is 8.83. The number of nitrogens with one attached hydrogen (secondary N) is 1. The predicted molar refractivity (Wildman–Crippen MR) is 68.4 cm³/mol. The van der Waals surface area contributed by atoms with Crippen molar-refractivity contribution in [3.8, 4) is 0 Å². The van der Waals surface area contributed by atoms with Crippen LogP contribution in [0.15, 0.2) is 24.3 Å². The van der Waals surface area contributed by atoms with Crippen LogP contribution >= 0.6 is 0 Å². The quantitative estimate of drug-likeness (QED) is 0.729. The molecule has 0 atom stereocenters. The predicted octanol–water partition coefficient (Wildman–Crippen LogP) is 0.132. The number of hydrogen-bond donors (Lipinski definition) is 2. The van der Waals surface area contributed by atoms with Crippen LogP contribution in [0.3, 0.4) is 0 Å². The number of anilines is 1. The molecule has 2 rings (SSSR count). The highest BCUT2D eigenvalue weighted by Crippen LogP contribution is 2.22. The maximum Gasteiger partial charge on any atom is 0.241 e. The summed E-state index contributed by atoms with van der Waals surface area (Å²) >= 11 is 0. The van der Waals surface area contributed by atoms with Gasteiger partial charge in [0.25, 0.3) is 0 Å². The third-order valence-electron chi connectivity index (χ3n) is 2.87. The number of carbonyl (C=O) groups is 1. The second-order valence-electron chi connectivity index (χ2n) is 4.11. The summed E-state index contributed by atoms with van der Waals surface area (Å²) in [6.07, 6.45) is 0. The SMILES string of the molecule is O=C1CNCc2ccccc2N1CCOCCO. The van der Waals surface area contributed by atoms with Crippen molar-refractivity contribution in [1.82, 2.24) is 5.32 Å². The molecule has 1 heterocycles. The van der Waals surface area contributed by atoms with Crippen molar-refractivity contribution < 1.29 is 14.6 Å². The molecular weight excluding hydrogens is 232 g/mol. The van der Waals surface area contributed by atoms with E-state index in [0.717, 1.165) is 11.3 Å². The summed E-state index contributed by atoms with van der Waals surface area (Å²) in [5.41, 5.74) is 2.06. The molecule has 0 saturated carbocycles. The summed E-state index contributed by atoms with van der Waals surface area (Å²) in [6.45, 7) is 2.30. The van der Waals surface area contributed by atoms with Crippen LogP contribution < -0.4 is 10.2 Å². The van der Waals surface area contributed by atoms with Crippen LogP contribution in [0.5, 0.6) is 0 Å². The van der Waals surface area contributed by atoms with E-state index in [4.69, 9.17) is 9.84 Å². The van der Waals surface area contributed by atoms with Crippen molar-refractivity contribution >= 4 is 11.6 Å². The summed E-state index contributed by atoms with van der Waals surface area (Å²) in [6, 6.07) is 7.87. The Morgan fingerprint density at radius 2 is 2.11 bits per heavy atom. The number of para-hydroxylation sites is 1. The lowest BCUT2D eigenvalue weighted by molar-refractivity contribution is -0.117. The van der Waals surface area contributed by atoms with E-state index in [1.807, 2.05) is 24.3 Å². The summed E-state index contributed by atoms with van der Waals surface area (Å²) < 4.78 is 5.23. The van der Waals surface area contributed by atoms with Gasteiger partial charge in [-0.1, -0.05) is 18.2 Å². The molecule has 18 heavy (non-hydrogen) atoms. The Bertz CT molecular complexity index is 409. The number of benzene rings is 1. The van der Waals surface area contributed by atoms with E-state index in [2.05, 4.69) is 5.32 Å². The van der Waals surface area contributed by atoms with Crippen molar-refractivity contribution in [3.05, 3.63) is 29.8 Å². The molecule has 0 spiro atoms. The molecule has 0 saturated heterocycles. The van der Waals surface area contributed by atoms with E-state index in [1.165, 1.54) is 0 Å². The molecule has 98 valence electrons. The van der Waals surface area contributed by atoms with Crippen LogP contribution in [0.25, 0.3) is 0 Å². The molecule has 1 aromatic carbocycles. The van der Waals surface area contributed by atoms with Gasteiger partial charge in [-0.3, -0.25) is 4.79 Å². The fraction of sp³-hybridized carbons (Fsp3) is 0.462.